The monoisotopic (exact) mass is 292 g/mol. The summed E-state index contributed by atoms with van der Waals surface area (Å²) >= 11 is 0. The van der Waals surface area contributed by atoms with Gasteiger partial charge in [-0.3, -0.25) is 4.98 Å². The van der Waals surface area contributed by atoms with E-state index in [0.717, 1.165) is 0 Å². The second-order valence-corrected chi connectivity index (χ2v) is 5.37. The van der Waals surface area contributed by atoms with Crippen molar-refractivity contribution in [1.82, 2.24) is 15.2 Å². The molecule has 0 unspecified atom stereocenters. The number of furan rings is 1. The van der Waals surface area contributed by atoms with Crippen molar-refractivity contribution < 1.29 is 17.3 Å². The fourth-order valence-electron chi connectivity index (χ4n) is 1.44. The maximum absolute atomic E-state index is 12.0. The molecule has 20 heavy (non-hydrogen) atoms. The lowest BCUT2D eigenvalue weighted by atomic mass is 10.5. The summed E-state index contributed by atoms with van der Waals surface area (Å²) < 4.78 is 36.4. The van der Waals surface area contributed by atoms with Gasteiger partial charge in [-0.1, -0.05) is 5.10 Å². The summed E-state index contributed by atoms with van der Waals surface area (Å²) in [5, 5.41) is 7.28. The van der Waals surface area contributed by atoms with E-state index in [4.69, 9.17) is 8.83 Å². The second-order valence-electron chi connectivity index (χ2n) is 3.68. The summed E-state index contributed by atoms with van der Waals surface area (Å²) in [6.07, 6.45) is 4.13. The number of nitrogens with zero attached hydrogens (tertiary/aromatic N) is 3. The molecule has 0 aliphatic heterocycles. The highest BCUT2D eigenvalue weighted by molar-refractivity contribution is 7.92. The lowest BCUT2D eigenvalue weighted by Gasteiger charge is -2.02. The number of pyridine rings is 1. The van der Waals surface area contributed by atoms with Crippen LogP contribution >= 0.6 is 0 Å². The Bertz CT molecular complexity index is 796. The minimum absolute atomic E-state index is 0.00208. The van der Waals surface area contributed by atoms with Gasteiger partial charge in [-0.2, -0.15) is 0 Å². The third-order valence-electron chi connectivity index (χ3n) is 2.32. The molecule has 0 saturated heterocycles. The molecule has 0 aliphatic carbocycles. The minimum atomic E-state index is -3.81. The SMILES string of the molecule is O=S(=O)(Nc1nnc(-c2ccco2)o1)c1cccnc1. The van der Waals surface area contributed by atoms with E-state index >= 15 is 0 Å². The van der Waals surface area contributed by atoms with Crippen LogP contribution in [0.1, 0.15) is 0 Å². The second kappa shape index (κ2) is 4.78. The first-order valence-corrected chi connectivity index (χ1v) is 6.94. The van der Waals surface area contributed by atoms with Gasteiger partial charge in [0.25, 0.3) is 15.9 Å². The molecule has 0 bridgehead atoms. The van der Waals surface area contributed by atoms with Crippen molar-refractivity contribution in [3.8, 4) is 11.7 Å². The molecule has 8 nitrogen and oxygen atoms in total. The largest absolute Gasteiger partial charge is 0.459 e. The van der Waals surface area contributed by atoms with Gasteiger partial charge < -0.3 is 8.83 Å². The van der Waals surface area contributed by atoms with Crippen molar-refractivity contribution in [3.63, 3.8) is 0 Å². The number of aromatic nitrogens is 3. The van der Waals surface area contributed by atoms with E-state index in [1.54, 1.807) is 12.1 Å². The van der Waals surface area contributed by atoms with E-state index in [9.17, 15) is 8.42 Å². The molecule has 9 heteroatoms. The van der Waals surface area contributed by atoms with Crippen LogP contribution in [-0.2, 0) is 10.0 Å². The van der Waals surface area contributed by atoms with E-state index in [0.29, 0.717) is 5.76 Å². The van der Waals surface area contributed by atoms with Crippen LogP contribution in [0.4, 0.5) is 6.01 Å². The number of hydrogen-bond acceptors (Lipinski definition) is 7. The molecule has 3 rings (SSSR count). The molecule has 0 spiro atoms. The standard InChI is InChI=1S/C11H8N4O4S/c16-20(17,8-3-1-5-12-7-8)15-11-14-13-10(19-11)9-4-2-6-18-9/h1-7H,(H,14,15). The molecule has 0 amide bonds. The number of sulfonamides is 1. The first-order valence-electron chi connectivity index (χ1n) is 5.45. The zero-order chi connectivity index (χ0) is 14.0. The number of anilines is 1. The van der Waals surface area contributed by atoms with Gasteiger partial charge in [0.15, 0.2) is 5.76 Å². The Kier molecular flexibility index (Phi) is 2.95. The highest BCUT2D eigenvalue weighted by Gasteiger charge is 2.19. The Morgan fingerprint density at radius 2 is 2.05 bits per heavy atom. The van der Waals surface area contributed by atoms with E-state index in [1.165, 1.54) is 30.8 Å². The Hall–Kier alpha value is -2.68. The summed E-state index contributed by atoms with van der Waals surface area (Å²) in [7, 11) is -3.81. The van der Waals surface area contributed by atoms with Crippen molar-refractivity contribution in [1.29, 1.82) is 0 Å². The molecule has 3 aromatic heterocycles. The minimum Gasteiger partial charge on any atom is -0.459 e. The van der Waals surface area contributed by atoms with Crippen LogP contribution in [0.3, 0.4) is 0 Å². The molecule has 3 heterocycles. The van der Waals surface area contributed by atoms with Crippen LogP contribution in [0.15, 0.2) is 56.7 Å². The molecule has 3 aromatic rings. The van der Waals surface area contributed by atoms with Gasteiger partial charge in [0.2, 0.25) is 0 Å². The van der Waals surface area contributed by atoms with Gasteiger partial charge in [0.05, 0.1) is 6.26 Å². The zero-order valence-corrected chi connectivity index (χ0v) is 10.7. The summed E-state index contributed by atoms with van der Waals surface area (Å²) in [6, 6.07) is 5.93. The fourth-order valence-corrected chi connectivity index (χ4v) is 2.33. The van der Waals surface area contributed by atoms with Gasteiger partial charge in [-0.05, 0) is 24.3 Å². The van der Waals surface area contributed by atoms with Crippen molar-refractivity contribution in [3.05, 3.63) is 42.9 Å². The molecule has 0 fully saturated rings. The fraction of sp³-hybridized carbons (Fsp3) is 0. The van der Waals surface area contributed by atoms with Crippen LogP contribution in [0.5, 0.6) is 0 Å². The summed E-state index contributed by atoms with van der Waals surface area (Å²) in [5.41, 5.74) is 0. The third kappa shape index (κ3) is 2.38. The van der Waals surface area contributed by atoms with Crippen molar-refractivity contribution in [2.24, 2.45) is 0 Å². The molecule has 0 aromatic carbocycles. The molecule has 0 atom stereocenters. The molecule has 1 N–H and O–H groups in total. The van der Waals surface area contributed by atoms with E-state index < -0.39 is 10.0 Å². The summed E-state index contributed by atoms with van der Waals surface area (Å²) in [5.74, 6) is 0.434. The normalized spacial score (nSPS) is 11.4. The van der Waals surface area contributed by atoms with Gasteiger partial charge in [0, 0.05) is 12.4 Å². The quantitative estimate of drug-likeness (QED) is 0.776. The highest BCUT2D eigenvalue weighted by atomic mass is 32.2. The van der Waals surface area contributed by atoms with Crippen LogP contribution in [0, 0.1) is 0 Å². The molecule has 0 saturated carbocycles. The molecule has 0 aliphatic rings. The van der Waals surface area contributed by atoms with Crippen molar-refractivity contribution in [2.75, 3.05) is 4.72 Å². The highest BCUT2D eigenvalue weighted by Crippen LogP contribution is 2.21. The van der Waals surface area contributed by atoms with E-state index in [2.05, 4.69) is 19.9 Å². The predicted molar refractivity (Wildman–Crippen MR) is 67.0 cm³/mol. The Morgan fingerprint density at radius 1 is 1.15 bits per heavy atom. The first kappa shape index (κ1) is 12.4. The lowest BCUT2D eigenvalue weighted by Crippen LogP contribution is -2.13. The Balaban J connectivity index is 1.85. The van der Waals surface area contributed by atoms with Crippen LogP contribution in [-0.4, -0.2) is 23.6 Å². The average molecular weight is 292 g/mol. The first-order chi connectivity index (χ1) is 9.65. The zero-order valence-electron chi connectivity index (χ0n) is 9.92. The van der Waals surface area contributed by atoms with E-state index in [-0.39, 0.29) is 16.8 Å². The topological polar surface area (TPSA) is 111 Å². The molecular formula is C11H8N4O4S. The number of hydrogen-bond donors (Lipinski definition) is 1. The van der Waals surface area contributed by atoms with Crippen LogP contribution in [0.2, 0.25) is 0 Å². The Morgan fingerprint density at radius 3 is 2.75 bits per heavy atom. The van der Waals surface area contributed by atoms with Gasteiger partial charge >= 0.3 is 6.01 Å². The van der Waals surface area contributed by atoms with Crippen molar-refractivity contribution in [2.45, 2.75) is 4.90 Å². The number of rotatable bonds is 4. The maximum atomic E-state index is 12.0. The third-order valence-corrected chi connectivity index (χ3v) is 3.63. The summed E-state index contributed by atoms with van der Waals surface area (Å²) in [6.45, 7) is 0. The average Bonchev–Trinajstić information content (AvgIpc) is 3.10. The van der Waals surface area contributed by atoms with Gasteiger partial charge in [-0.15, -0.1) is 5.10 Å². The maximum Gasteiger partial charge on any atom is 0.330 e. The molecule has 0 radical (unpaired) electrons. The molecular weight excluding hydrogens is 284 g/mol. The lowest BCUT2D eigenvalue weighted by molar-refractivity contribution is 0.524. The van der Waals surface area contributed by atoms with E-state index in [1.807, 2.05) is 0 Å². The van der Waals surface area contributed by atoms with Crippen LogP contribution in [0.25, 0.3) is 11.7 Å². The number of nitrogens with one attached hydrogen (secondary N) is 1. The van der Waals surface area contributed by atoms with Gasteiger partial charge in [0.1, 0.15) is 4.90 Å². The Labute approximate surface area is 113 Å². The predicted octanol–water partition coefficient (Wildman–Crippen LogP) is 1.53. The van der Waals surface area contributed by atoms with Gasteiger partial charge in [-0.25, -0.2) is 13.1 Å². The van der Waals surface area contributed by atoms with Crippen LogP contribution < -0.4 is 4.72 Å². The summed E-state index contributed by atoms with van der Waals surface area (Å²) in [4.78, 5) is 3.74. The smallest absolute Gasteiger partial charge is 0.330 e. The van der Waals surface area contributed by atoms with Crippen molar-refractivity contribution >= 4 is 16.0 Å². The molecule has 102 valence electrons.